The lowest BCUT2D eigenvalue weighted by Crippen LogP contribution is -2.45. The summed E-state index contributed by atoms with van der Waals surface area (Å²) < 4.78 is 14.6. The summed E-state index contributed by atoms with van der Waals surface area (Å²) >= 11 is 6.42. The maximum absolute atomic E-state index is 14.6. The average molecular weight is 479 g/mol. The number of H-pyrrole nitrogens is 1. The van der Waals surface area contributed by atoms with Gasteiger partial charge >= 0.3 is 0 Å². The van der Waals surface area contributed by atoms with Crippen molar-refractivity contribution in [2.75, 3.05) is 11.1 Å². The lowest BCUT2D eigenvalue weighted by atomic mass is 9.89. The third-order valence-electron chi connectivity index (χ3n) is 6.08. The van der Waals surface area contributed by atoms with E-state index in [9.17, 15) is 9.18 Å². The van der Waals surface area contributed by atoms with E-state index >= 15 is 0 Å². The number of nitrogens with one attached hydrogen (secondary N) is 3. The number of carbonyl (C=O) groups excluding carboxylic acids is 1. The first-order valence-corrected chi connectivity index (χ1v) is 11.5. The van der Waals surface area contributed by atoms with Crippen LogP contribution in [0.2, 0.25) is 5.02 Å². The first-order valence-electron chi connectivity index (χ1n) is 11.1. The van der Waals surface area contributed by atoms with Crippen LogP contribution >= 0.6 is 11.6 Å². The predicted molar refractivity (Wildman–Crippen MR) is 133 cm³/mol. The fourth-order valence-corrected chi connectivity index (χ4v) is 4.66. The zero-order valence-corrected chi connectivity index (χ0v) is 19.0. The third-order valence-corrected chi connectivity index (χ3v) is 6.36. The van der Waals surface area contributed by atoms with Gasteiger partial charge in [0.2, 0.25) is 5.95 Å². The van der Waals surface area contributed by atoms with Gasteiger partial charge in [0, 0.05) is 46.0 Å². The van der Waals surface area contributed by atoms with Gasteiger partial charge in [-0.2, -0.15) is 0 Å². The molecule has 174 valence electrons. The predicted octanol–water partition coefficient (Wildman–Crippen LogP) is 4.96. The first-order chi connectivity index (χ1) is 16.5. The highest BCUT2D eigenvalue weighted by atomic mass is 35.5. The van der Waals surface area contributed by atoms with Crippen molar-refractivity contribution in [3.63, 3.8) is 0 Å². The summed E-state index contributed by atoms with van der Waals surface area (Å²) in [6, 6.07) is 14.0. The molecule has 0 aliphatic heterocycles. The van der Waals surface area contributed by atoms with E-state index in [1.807, 2.05) is 30.5 Å². The van der Waals surface area contributed by atoms with Crippen LogP contribution in [0.1, 0.15) is 29.6 Å². The Hall–Kier alpha value is -3.65. The van der Waals surface area contributed by atoms with Crippen molar-refractivity contribution < 1.29 is 9.18 Å². The molecule has 0 radical (unpaired) electrons. The number of para-hydroxylation sites is 1. The van der Waals surface area contributed by atoms with Crippen LogP contribution in [0.4, 0.5) is 16.0 Å². The molecule has 1 saturated carbocycles. The second-order valence-corrected chi connectivity index (χ2v) is 8.98. The molecule has 0 spiro atoms. The molecule has 1 amide bonds. The minimum absolute atomic E-state index is 0.238. The Morgan fingerprint density at radius 2 is 1.85 bits per heavy atom. The molecular formula is C25H24ClFN6O. The quantitative estimate of drug-likeness (QED) is 0.303. The van der Waals surface area contributed by atoms with Crippen LogP contribution in [-0.4, -0.2) is 39.1 Å². The number of benzene rings is 2. The SMILES string of the molecule is Nc1ccc(C(=O)N[C@@H]2C[C@H](F)C[C@H](Nc3ncc(Cl)c(-c4c[nH]c5ccccc45)n3)C2)cc1. The number of aromatic amines is 1. The Balaban J connectivity index is 1.31. The minimum atomic E-state index is -1.05. The molecule has 1 fully saturated rings. The molecule has 0 unspecified atom stereocenters. The van der Waals surface area contributed by atoms with Crippen LogP contribution in [0.5, 0.6) is 0 Å². The van der Waals surface area contributed by atoms with E-state index in [1.165, 1.54) is 0 Å². The molecule has 2 aromatic heterocycles. The number of nitrogens with two attached hydrogens (primary N) is 1. The zero-order chi connectivity index (χ0) is 23.7. The monoisotopic (exact) mass is 478 g/mol. The fourth-order valence-electron chi connectivity index (χ4n) is 4.46. The van der Waals surface area contributed by atoms with Crippen molar-refractivity contribution >= 4 is 40.0 Å². The van der Waals surface area contributed by atoms with Gasteiger partial charge in [0.25, 0.3) is 5.91 Å². The lowest BCUT2D eigenvalue weighted by molar-refractivity contribution is 0.0909. The molecule has 0 saturated heterocycles. The molecule has 5 N–H and O–H groups in total. The van der Waals surface area contributed by atoms with E-state index in [-0.39, 0.29) is 24.4 Å². The fraction of sp³-hybridized carbons (Fsp3) is 0.240. The zero-order valence-electron chi connectivity index (χ0n) is 18.3. The van der Waals surface area contributed by atoms with Crippen molar-refractivity contribution in [1.29, 1.82) is 0 Å². The van der Waals surface area contributed by atoms with Gasteiger partial charge in [-0.15, -0.1) is 0 Å². The molecule has 5 rings (SSSR count). The van der Waals surface area contributed by atoms with Gasteiger partial charge in [0.15, 0.2) is 0 Å². The van der Waals surface area contributed by atoms with Crippen molar-refractivity contribution in [2.45, 2.75) is 37.5 Å². The summed E-state index contributed by atoms with van der Waals surface area (Å²) in [7, 11) is 0. The van der Waals surface area contributed by atoms with Crippen LogP contribution in [-0.2, 0) is 0 Å². The Morgan fingerprint density at radius 1 is 1.09 bits per heavy atom. The van der Waals surface area contributed by atoms with Gasteiger partial charge in [-0.05, 0) is 49.6 Å². The van der Waals surface area contributed by atoms with E-state index < -0.39 is 6.17 Å². The average Bonchev–Trinajstić information content (AvgIpc) is 3.24. The van der Waals surface area contributed by atoms with E-state index in [1.54, 1.807) is 30.5 Å². The van der Waals surface area contributed by atoms with Crippen LogP contribution in [0.25, 0.3) is 22.2 Å². The first kappa shape index (κ1) is 22.2. The van der Waals surface area contributed by atoms with Crippen LogP contribution in [0.3, 0.4) is 0 Å². The molecule has 4 aromatic rings. The normalized spacial score (nSPS) is 20.2. The van der Waals surface area contributed by atoms with Gasteiger partial charge in [0.05, 0.1) is 16.9 Å². The number of hydrogen-bond acceptors (Lipinski definition) is 5. The maximum Gasteiger partial charge on any atom is 0.251 e. The molecule has 34 heavy (non-hydrogen) atoms. The van der Waals surface area contributed by atoms with Crippen LogP contribution in [0, 0.1) is 0 Å². The highest BCUT2D eigenvalue weighted by molar-refractivity contribution is 6.33. The van der Waals surface area contributed by atoms with Crippen molar-refractivity contribution in [1.82, 2.24) is 20.3 Å². The molecule has 2 aromatic carbocycles. The van der Waals surface area contributed by atoms with Crippen molar-refractivity contribution in [3.05, 3.63) is 71.5 Å². The summed E-state index contributed by atoms with van der Waals surface area (Å²) in [6.45, 7) is 0. The van der Waals surface area contributed by atoms with E-state index in [2.05, 4.69) is 25.6 Å². The summed E-state index contributed by atoms with van der Waals surface area (Å²) in [6.07, 6.45) is 3.48. The number of hydrogen-bond donors (Lipinski definition) is 4. The molecular weight excluding hydrogens is 455 g/mol. The summed E-state index contributed by atoms with van der Waals surface area (Å²) in [5.41, 5.74) is 9.20. The number of alkyl halides is 1. The number of nitrogens with zero attached hydrogens (tertiary/aromatic N) is 2. The Kier molecular flexibility index (Phi) is 6.06. The van der Waals surface area contributed by atoms with Crippen LogP contribution in [0.15, 0.2) is 60.9 Å². The maximum atomic E-state index is 14.6. The van der Waals surface area contributed by atoms with E-state index in [4.69, 9.17) is 17.3 Å². The third kappa shape index (κ3) is 4.68. The van der Waals surface area contributed by atoms with E-state index in [0.717, 1.165) is 16.5 Å². The number of carbonyl (C=O) groups is 1. The highest BCUT2D eigenvalue weighted by Crippen LogP contribution is 2.33. The number of anilines is 2. The molecule has 0 bridgehead atoms. The second kappa shape index (κ2) is 9.30. The van der Waals surface area contributed by atoms with E-state index in [0.29, 0.717) is 40.8 Å². The number of nitrogen functional groups attached to an aromatic ring is 1. The number of amides is 1. The van der Waals surface area contributed by atoms with Gasteiger partial charge in [0.1, 0.15) is 6.17 Å². The summed E-state index contributed by atoms with van der Waals surface area (Å²) in [5.74, 6) is 0.120. The molecule has 7 nitrogen and oxygen atoms in total. The Bertz CT molecular complexity index is 1320. The minimum Gasteiger partial charge on any atom is -0.399 e. The van der Waals surface area contributed by atoms with Gasteiger partial charge in [-0.3, -0.25) is 4.79 Å². The largest absolute Gasteiger partial charge is 0.399 e. The Morgan fingerprint density at radius 3 is 2.68 bits per heavy atom. The summed E-state index contributed by atoms with van der Waals surface area (Å²) in [5, 5.41) is 7.61. The van der Waals surface area contributed by atoms with Crippen molar-refractivity contribution in [2.24, 2.45) is 0 Å². The number of rotatable bonds is 5. The lowest BCUT2D eigenvalue weighted by Gasteiger charge is -2.32. The number of fused-ring (bicyclic) bond motifs is 1. The van der Waals surface area contributed by atoms with Crippen LogP contribution < -0.4 is 16.4 Å². The second-order valence-electron chi connectivity index (χ2n) is 8.58. The Labute approximate surface area is 200 Å². The number of aromatic nitrogens is 3. The van der Waals surface area contributed by atoms with Crippen molar-refractivity contribution in [3.8, 4) is 11.3 Å². The molecule has 2 heterocycles. The molecule has 1 aliphatic rings. The molecule has 1 aliphatic carbocycles. The number of halogens is 2. The molecule has 9 heteroatoms. The van der Waals surface area contributed by atoms with Gasteiger partial charge in [-0.25, -0.2) is 14.4 Å². The smallest absolute Gasteiger partial charge is 0.251 e. The summed E-state index contributed by atoms with van der Waals surface area (Å²) in [4.78, 5) is 24.7. The van der Waals surface area contributed by atoms with Gasteiger partial charge < -0.3 is 21.4 Å². The topological polar surface area (TPSA) is 109 Å². The highest BCUT2D eigenvalue weighted by Gasteiger charge is 2.30. The standard InChI is InChI=1S/C25H24ClFN6O/c26-21-13-30-25(33-23(21)20-12-29-22-4-2-1-3-19(20)22)32-18-10-15(27)9-17(11-18)31-24(34)14-5-7-16(28)8-6-14/h1-8,12-13,15,17-18,29H,9-11,28H2,(H,31,34)(H,30,32,33)/t15-,17+,18-/m0/s1. The molecule has 3 atom stereocenters. The van der Waals surface area contributed by atoms with Gasteiger partial charge in [-0.1, -0.05) is 29.8 Å².